The van der Waals surface area contributed by atoms with E-state index in [0.717, 1.165) is 21.7 Å². The number of hydrogen-bond donors (Lipinski definition) is 2. The smallest absolute Gasteiger partial charge is 0.0667 e. The minimum Gasteiger partial charge on any atom is -0.271 e. The van der Waals surface area contributed by atoms with E-state index < -0.39 is 0 Å². The summed E-state index contributed by atoms with van der Waals surface area (Å²) in [5, 5.41) is 0.754. The lowest BCUT2D eigenvalue weighted by molar-refractivity contribution is 0.624. The van der Waals surface area contributed by atoms with Gasteiger partial charge in [-0.05, 0) is 31.0 Å². The number of hydrazine groups is 1. The molecular weight excluding hydrogens is 196 g/mol. The second kappa shape index (κ2) is 4.60. The average molecular weight is 211 g/mol. The lowest BCUT2D eigenvalue weighted by Gasteiger charge is -2.19. The van der Waals surface area contributed by atoms with Crippen molar-refractivity contribution in [3.63, 3.8) is 0 Å². The van der Waals surface area contributed by atoms with Crippen LogP contribution in [-0.4, -0.2) is 0 Å². The number of halogens is 1. The van der Waals surface area contributed by atoms with E-state index in [0.29, 0.717) is 0 Å². The lowest BCUT2D eigenvalue weighted by atomic mass is 9.97. The minimum atomic E-state index is -0.0336. The van der Waals surface area contributed by atoms with Gasteiger partial charge in [-0.15, -0.1) is 0 Å². The first-order valence-corrected chi connectivity index (χ1v) is 4.82. The summed E-state index contributed by atoms with van der Waals surface area (Å²) in [5.74, 6) is 5.47. The van der Waals surface area contributed by atoms with Crippen molar-refractivity contribution in [3.8, 4) is 0 Å². The van der Waals surface area contributed by atoms with Crippen LogP contribution in [0.15, 0.2) is 30.4 Å². The molecule has 0 fully saturated rings. The molecule has 0 aromatic heterocycles. The molecule has 0 saturated heterocycles. The van der Waals surface area contributed by atoms with Gasteiger partial charge in [0.15, 0.2) is 0 Å². The maximum atomic E-state index is 6.02. The van der Waals surface area contributed by atoms with E-state index in [4.69, 9.17) is 17.4 Å². The van der Waals surface area contributed by atoms with Crippen LogP contribution in [0.1, 0.15) is 24.1 Å². The number of hydrogen-bond acceptors (Lipinski definition) is 2. The second-order valence-corrected chi connectivity index (χ2v) is 3.81. The summed E-state index contributed by atoms with van der Waals surface area (Å²) in [7, 11) is 0. The quantitative estimate of drug-likeness (QED) is 0.458. The summed E-state index contributed by atoms with van der Waals surface area (Å²) in [6, 6.07) is 5.75. The Morgan fingerprint density at radius 2 is 2.21 bits per heavy atom. The van der Waals surface area contributed by atoms with Crippen molar-refractivity contribution >= 4 is 11.6 Å². The summed E-state index contributed by atoms with van der Waals surface area (Å²) in [4.78, 5) is 0. The van der Waals surface area contributed by atoms with Crippen LogP contribution in [0, 0.1) is 6.92 Å². The van der Waals surface area contributed by atoms with Gasteiger partial charge >= 0.3 is 0 Å². The molecule has 1 unspecified atom stereocenters. The molecule has 0 saturated carbocycles. The van der Waals surface area contributed by atoms with Crippen LogP contribution in [-0.2, 0) is 0 Å². The normalized spacial score (nSPS) is 12.6. The van der Waals surface area contributed by atoms with Gasteiger partial charge < -0.3 is 0 Å². The molecule has 3 N–H and O–H groups in total. The van der Waals surface area contributed by atoms with Crippen molar-refractivity contribution < 1.29 is 0 Å². The summed E-state index contributed by atoms with van der Waals surface area (Å²) in [6.07, 6.45) is 0. The molecule has 0 radical (unpaired) electrons. The Morgan fingerprint density at radius 1 is 1.57 bits per heavy atom. The van der Waals surface area contributed by atoms with Gasteiger partial charge in [-0.25, -0.2) is 5.43 Å². The Bertz CT molecular complexity index is 347. The SMILES string of the molecule is C=C(C)C(NN)c1cccc(Cl)c1C. The van der Waals surface area contributed by atoms with Gasteiger partial charge in [0.25, 0.3) is 0 Å². The molecule has 0 aliphatic rings. The van der Waals surface area contributed by atoms with Gasteiger partial charge in [-0.1, -0.05) is 35.9 Å². The van der Waals surface area contributed by atoms with Crippen LogP contribution in [0.5, 0.6) is 0 Å². The molecule has 1 aromatic rings. The molecule has 0 bridgehead atoms. The number of benzene rings is 1. The molecule has 3 heteroatoms. The van der Waals surface area contributed by atoms with Gasteiger partial charge in [0.05, 0.1) is 6.04 Å². The van der Waals surface area contributed by atoms with Gasteiger partial charge in [0.2, 0.25) is 0 Å². The van der Waals surface area contributed by atoms with Gasteiger partial charge in [-0.2, -0.15) is 0 Å². The molecule has 14 heavy (non-hydrogen) atoms. The molecule has 2 nitrogen and oxygen atoms in total. The van der Waals surface area contributed by atoms with Crippen molar-refractivity contribution in [2.75, 3.05) is 0 Å². The summed E-state index contributed by atoms with van der Waals surface area (Å²) < 4.78 is 0. The monoisotopic (exact) mass is 210 g/mol. The molecule has 0 heterocycles. The highest BCUT2D eigenvalue weighted by Gasteiger charge is 2.13. The highest BCUT2D eigenvalue weighted by atomic mass is 35.5. The van der Waals surface area contributed by atoms with Crippen LogP contribution in [0.2, 0.25) is 5.02 Å². The first-order valence-electron chi connectivity index (χ1n) is 4.44. The number of nitrogens with two attached hydrogens (primary N) is 1. The highest BCUT2D eigenvalue weighted by molar-refractivity contribution is 6.31. The van der Waals surface area contributed by atoms with E-state index in [1.165, 1.54) is 0 Å². The van der Waals surface area contributed by atoms with E-state index in [1.807, 2.05) is 32.0 Å². The van der Waals surface area contributed by atoms with Crippen molar-refractivity contribution in [1.29, 1.82) is 0 Å². The minimum absolute atomic E-state index is 0.0336. The topological polar surface area (TPSA) is 38.0 Å². The fourth-order valence-corrected chi connectivity index (χ4v) is 1.62. The van der Waals surface area contributed by atoms with Gasteiger partial charge in [0, 0.05) is 5.02 Å². The fourth-order valence-electron chi connectivity index (χ4n) is 1.43. The van der Waals surface area contributed by atoms with E-state index >= 15 is 0 Å². The lowest BCUT2D eigenvalue weighted by Crippen LogP contribution is -2.29. The van der Waals surface area contributed by atoms with E-state index in [-0.39, 0.29) is 6.04 Å². The molecular formula is C11H15ClN2. The third-order valence-electron chi connectivity index (χ3n) is 2.28. The highest BCUT2D eigenvalue weighted by Crippen LogP contribution is 2.27. The third-order valence-corrected chi connectivity index (χ3v) is 2.69. The van der Waals surface area contributed by atoms with Gasteiger partial charge in [0.1, 0.15) is 0 Å². The molecule has 0 aliphatic carbocycles. The first-order chi connectivity index (χ1) is 6.57. The predicted octanol–water partition coefficient (Wildman–Crippen LogP) is 2.73. The van der Waals surface area contributed by atoms with E-state index in [2.05, 4.69) is 12.0 Å². The van der Waals surface area contributed by atoms with Crippen molar-refractivity contribution in [3.05, 3.63) is 46.5 Å². The summed E-state index contributed by atoms with van der Waals surface area (Å²) in [6.45, 7) is 7.80. The zero-order valence-electron chi connectivity index (χ0n) is 8.47. The molecule has 0 amide bonds. The second-order valence-electron chi connectivity index (χ2n) is 3.40. The maximum Gasteiger partial charge on any atom is 0.0667 e. The van der Waals surface area contributed by atoms with Gasteiger partial charge in [-0.3, -0.25) is 5.84 Å². The molecule has 1 atom stereocenters. The number of nitrogens with one attached hydrogen (secondary N) is 1. The van der Waals surface area contributed by atoms with Crippen LogP contribution in [0.3, 0.4) is 0 Å². The van der Waals surface area contributed by atoms with Crippen molar-refractivity contribution in [1.82, 2.24) is 5.43 Å². The Balaban J connectivity index is 3.16. The molecule has 1 rings (SSSR count). The Hall–Kier alpha value is -0.830. The zero-order valence-corrected chi connectivity index (χ0v) is 9.23. The van der Waals surface area contributed by atoms with Crippen LogP contribution < -0.4 is 11.3 Å². The Kier molecular flexibility index (Phi) is 3.69. The van der Waals surface area contributed by atoms with Crippen molar-refractivity contribution in [2.45, 2.75) is 19.9 Å². The average Bonchev–Trinajstić information content (AvgIpc) is 2.13. The fraction of sp³-hybridized carbons (Fsp3) is 0.273. The number of rotatable bonds is 3. The standard InChI is InChI=1S/C11H15ClN2/c1-7(2)11(14-13)9-5-4-6-10(12)8(9)3/h4-6,11,14H,1,13H2,2-3H3. The van der Waals surface area contributed by atoms with Crippen LogP contribution in [0.25, 0.3) is 0 Å². The van der Waals surface area contributed by atoms with E-state index in [1.54, 1.807) is 0 Å². The Labute approximate surface area is 89.7 Å². The summed E-state index contributed by atoms with van der Waals surface area (Å²) >= 11 is 6.02. The largest absolute Gasteiger partial charge is 0.271 e. The third kappa shape index (κ3) is 2.15. The molecule has 76 valence electrons. The summed E-state index contributed by atoms with van der Waals surface area (Å²) in [5.41, 5.74) is 5.82. The molecule has 1 aromatic carbocycles. The van der Waals surface area contributed by atoms with E-state index in [9.17, 15) is 0 Å². The molecule has 0 aliphatic heterocycles. The predicted molar refractivity (Wildman–Crippen MR) is 61.1 cm³/mol. The zero-order chi connectivity index (χ0) is 10.7. The molecule has 0 spiro atoms. The first kappa shape index (κ1) is 11.2. The Morgan fingerprint density at radius 3 is 2.71 bits per heavy atom. The van der Waals surface area contributed by atoms with Crippen LogP contribution in [0.4, 0.5) is 0 Å². The van der Waals surface area contributed by atoms with Crippen molar-refractivity contribution in [2.24, 2.45) is 5.84 Å². The maximum absolute atomic E-state index is 6.02. The van der Waals surface area contributed by atoms with Crippen LogP contribution >= 0.6 is 11.6 Å².